The zero-order valence-corrected chi connectivity index (χ0v) is 19.8. The first kappa shape index (κ1) is 21.9. The third kappa shape index (κ3) is 4.32. The number of carbonyl (C=O) groups excluding carboxylic acids is 1. The summed E-state index contributed by atoms with van der Waals surface area (Å²) in [6, 6.07) is 6.92. The van der Waals surface area contributed by atoms with Crippen molar-refractivity contribution in [3.05, 3.63) is 80.2 Å². The highest BCUT2D eigenvalue weighted by atomic mass is 35.5. The van der Waals surface area contributed by atoms with Crippen LogP contribution in [0.25, 0.3) is 10.2 Å². The minimum Gasteiger partial charge on any atom is -0.342 e. The number of nitrogens with zero attached hydrogens (tertiary/aromatic N) is 4. The van der Waals surface area contributed by atoms with E-state index >= 15 is 0 Å². The summed E-state index contributed by atoms with van der Waals surface area (Å²) in [5.41, 5.74) is 1.99. The molecule has 4 aromatic rings. The zero-order valence-electron chi connectivity index (χ0n) is 18.3. The summed E-state index contributed by atoms with van der Waals surface area (Å²) in [7, 11) is 1.89. The van der Waals surface area contributed by atoms with Crippen molar-refractivity contribution in [1.29, 1.82) is 0 Å². The van der Waals surface area contributed by atoms with E-state index < -0.39 is 6.04 Å². The van der Waals surface area contributed by atoms with Gasteiger partial charge in [-0.05, 0) is 48.9 Å². The van der Waals surface area contributed by atoms with Gasteiger partial charge in [0.15, 0.2) is 0 Å². The maximum atomic E-state index is 13.2. The molecule has 0 unspecified atom stereocenters. The monoisotopic (exact) mass is 481 g/mol. The van der Waals surface area contributed by atoms with Gasteiger partial charge in [-0.2, -0.15) is 0 Å². The number of benzene rings is 1. The molecule has 0 saturated carbocycles. The smallest absolute Gasteiger partial charge is 0.262 e. The molecule has 0 fully saturated rings. The first-order valence-electron chi connectivity index (χ1n) is 11.0. The van der Waals surface area contributed by atoms with E-state index in [0.717, 1.165) is 46.4 Å². The number of carbonyl (C=O) groups is 1. The van der Waals surface area contributed by atoms with Crippen LogP contribution in [0.1, 0.15) is 47.1 Å². The average molecular weight is 482 g/mol. The second-order valence-corrected chi connectivity index (χ2v) is 9.85. The van der Waals surface area contributed by atoms with Crippen LogP contribution in [0.4, 0.5) is 0 Å². The molecule has 0 radical (unpaired) electrons. The molecule has 170 valence electrons. The lowest BCUT2D eigenvalue weighted by Crippen LogP contribution is -2.32. The first-order valence-corrected chi connectivity index (χ1v) is 12.2. The molecule has 3 aromatic heterocycles. The van der Waals surface area contributed by atoms with Crippen molar-refractivity contribution in [2.75, 3.05) is 0 Å². The van der Waals surface area contributed by atoms with Crippen molar-refractivity contribution < 1.29 is 4.79 Å². The lowest BCUT2D eigenvalue weighted by atomic mass is 9.97. The van der Waals surface area contributed by atoms with Crippen molar-refractivity contribution in [2.45, 2.75) is 44.7 Å². The second kappa shape index (κ2) is 9.11. The van der Waals surface area contributed by atoms with Gasteiger partial charge in [0.05, 0.1) is 11.7 Å². The number of halogens is 1. The van der Waals surface area contributed by atoms with Crippen molar-refractivity contribution >= 4 is 39.1 Å². The molecule has 0 spiro atoms. The van der Waals surface area contributed by atoms with Gasteiger partial charge in [-0.1, -0.05) is 23.7 Å². The number of hydrogen-bond acceptors (Lipinski definition) is 5. The van der Waals surface area contributed by atoms with E-state index in [1.807, 2.05) is 29.9 Å². The Morgan fingerprint density at radius 1 is 1.21 bits per heavy atom. The molecule has 1 amide bonds. The Labute approximate surface area is 200 Å². The number of rotatable bonds is 6. The number of aromatic nitrogens is 4. The van der Waals surface area contributed by atoms with Gasteiger partial charge < -0.3 is 9.88 Å². The number of imidazole rings is 1. The Kier molecular flexibility index (Phi) is 6.03. The Balaban J connectivity index is 1.35. The van der Waals surface area contributed by atoms with Gasteiger partial charge in [0.1, 0.15) is 16.7 Å². The van der Waals surface area contributed by atoms with Gasteiger partial charge in [-0.15, -0.1) is 11.3 Å². The zero-order chi connectivity index (χ0) is 22.9. The Morgan fingerprint density at radius 3 is 2.76 bits per heavy atom. The van der Waals surface area contributed by atoms with Crippen molar-refractivity contribution in [1.82, 2.24) is 24.4 Å². The third-order valence-corrected chi connectivity index (χ3v) is 7.60. The fourth-order valence-electron chi connectivity index (χ4n) is 4.40. The Morgan fingerprint density at radius 2 is 2.00 bits per heavy atom. The molecule has 1 aliphatic carbocycles. The predicted octanol–water partition coefficient (Wildman–Crippen LogP) is 4.02. The fourth-order valence-corrected chi connectivity index (χ4v) is 5.75. The molecule has 0 aliphatic heterocycles. The van der Waals surface area contributed by atoms with Crippen LogP contribution in [0.2, 0.25) is 5.02 Å². The molecule has 1 atom stereocenters. The standard InChI is InChI=1S/C24H24ClN5O2S/c1-29-13-11-26-22(29)21(15-6-8-16(25)9-7-15)28-19(31)10-12-30-14-27-23-20(24(30)32)17-4-2-3-5-18(17)33-23/h6-9,11,13-14,21H,2-5,10,12H2,1H3,(H,28,31)/t21-/m0/s1. The number of aryl methyl sites for hydroxylation is 4. The lowest BCUT2D eigenvalue weighted by molar-refractivity contribution is -0.121. The maximum absolute atomic E-state index is 13.2. The minimum absolute atomic E-state index is 0.0504. The molecule has 3 heterocycles. The van der Waals surface area contributed by atoms with Gasteiger partial charge in [0, 0.05) is 42.3 Å². The molecule has 1 aliphatic rings. The van der Waals surface area contributed by atoms with Crippen LogP contribution >= 0.6 is 22.9 Å². The molecule has 5 rings (SSSR count). The summed E-state index contributed by atoms with van der Waals surface area (Å²) in [5, 5.41) is 4.44. The van der Waals surface area contributed by atoms with Gasteiger partial charge in [0.25, 0.3) is 5.56 Å². The highest BCUT2D eigenvalue weighted by molar-refractivity contribution is 7.18. The van der Waals surface area contributed by atoms with Gasteiger partial charge >= 0.3 is 0 Å². The first-order chi connectivity index (χ1) is 16.0. The number of nitrogens with one attached hydrogen (secondary N) is 1. The number of fused-ring (bicyclic) bond motifs is 3. The highest BCUT2D eigenvalue weighted by Crippen LogP contribution is 2.33. The molecule has 1 aromatic carbocycles. The van der Waals surface area contributed by atoms with E-state index in [2.05, 4.69) is 15.3 Å². The van der Waals surface area contributed by atoms with Crippen LogP contribution < -0.4 is 10.9 Å². The molecule has 0 saturated heterocycles. The summed E-state index contributed by atoms with van der Waals surface area (Å²) in [4.78, 5) is 37.1. The quantitative estimate of drug-likeness (QED) is 0.451. The normalized spacial score (nSPS) is 14.2. The van der Waals surface area contributed by atoms with Crippen molar-refractivity contribution in [3.63, 3.8) is 0 Å². The third-order valence-electron chi connectivity index (χ3n) is 6.15. The Hall–Kier alpha value is -2.97. The summed E-state index contributed by atoms with van der Waals surface area (Å²) in [6.07, 6.45) is 9.50. The molecule has 1 N–H and O–H groups in total. The largest absolute Gasteiger partial charge is 0.342 e. The van der Waals surface area contributed by atoms with Crippen LogP contribution in [-0.2, 0) is 31.2 Å². The number of hydrogen-bond donors (Lipinski definition) is 1. The SMILES string of the molecule is Cn1ccnc1[C@@H](NC(=O)CCn1cnc2sc3c(c2c1=O)CCCC3)c1ccc(Cl)cc1. The molecule has 9 heteroatoms. The summed E-state index contributed by atoms with van der Waals surface area (Å²) in [5.74, 6) is 0.549. The van der Waals surface area contributed by atoms with Crippen LogP contribution in [-0.4, -0.2) is 25.0 Å². The van der Waals surface area contributed by atoms with E-state index in [1.165, 1.54) is 11.3 Å². The lowest BCUT2D eigenvalue weighted by Gasteiger charge is -2.19. The van der Waals surface area contributed by atoms with E-state index in [-0.39, 0.29) is 24.4 Å². The fraction of sp³-hybridized carbons (Fsp3) is 0.333. The number of thiophene rings is 1. The van der Waals surface area contributed by atoms with Gasteiger partial charge in [-0.25, -0.2) is 9.97 Å². The number of amides is 1. The Bertz CT molecular complexity index is 1370. The van der Waals surface area contributed by atoms with Crippen molar-refractivity contribution in [3.8, 4) is 0 Å². The van der Waals surface area contributed by atoms with Crippen LogP contribution in [0, 0.1) is 0 Å². The second-order valence-electron chi connectivity index (χ2n) is 8.33. The summed E-state index contributed by atoms with van der Waals surface area (Å²) >= 11 is 7.67. The topological polar surface area (TPSA) is 81.8 Å². The van der Waals surface area contributed by atoms with Crippen LogP contribution in [0.15, 0.2) is 47.8 Å². The van der Waals surface area contributed by atoms with Gasteiger partial charge in [-0.3, -0.25) is 14.2 Å². The molecular formula is C24H24ClN5O2S. The maximum Gasteiger partial charge on any atom is 0.262 e. The summed E-state index contributed by atoms with van der Waals surface area (Å²) in [6.45, 7) is 0.270. The molecular weight excluding hydrogens is 458 g/mol. The van der Waals surface area contributed by atoms with E-state index in [1.54, 1.807) is 40.6 Å². The van der Waals surface area contributed by atoms with Crippen LogP contribution in [0.5, 0.6) is 0 Å². The van der Waals surface area contributed by atoms with Gasteiger partial charge in [0.2, 0.25) is 5.91 Å². The summed E-state index contributed by atoms with van der Waals surface area (Å²) < 4.78 is 3.43. The van der Waals surface area contributed by atoms with Crippen LogP contribution in [0.3, 0.4) is 0 Å². The van der Waals surface area contributed by atoms with E-state index in [9.17, 15) is 9.59 Å². The molecule has 33 heavy (non-hydrogen) atoms. The minimum atomic E-state index is -0.420. The van der Waals surface area contributed by atoms with Crippen molar-refractivity contribution in [2.24, 2.45) is 7.05 Å². The van der Waals surface area contributed by atoms with E-state index in [0.29, 0.717) is 5.02 Å². The highest BCUT2D eigenvalue weighted by Gasteiger charge is 2.22. The molecule has 7 nitrogen and oxygen atoms in total. The average Bonchev–Trinajstić information content (AvgIpc) is 3.41. The predicted molar refractivity (Wildman–Crippen MR) is 130 cm³/mol. The van der Waals surface area contributed by atoms with E-state index in [4.69, 9.17) is 11.6 Å². The molecule has 0 bridgehead atoms.